The van der Waals surface area contributed by atoms with Crippen LogP contribution in [-0.4, -0.2) is 23.9 Å². The molecule has 98 valence electrons. The van der Waals surface area contributed by atoms with Gasteiger partial charge >= 0.3 is 0 Å². The Hall–Kier alpha value is -1.22. The second kappa shape index (κ2) is 5.61. The minimum Gasteiger partial charge on any atom is -0.398 e. The minimum atomic E-state index is -0.0486. The Bertz CT molecular complexity index is 423. The first-order valence-electron chi connectivity index (χ1n) is 6.46. The Labute approximate surface area is 113 Å². The van der Waals surface area contributed by atoms with Gasteiger partial charge in [-0.2, -0.15) is 0 Å². The summed E-state index contributed by atoms with van der Waals surface area (Å²) in [6.45, 7) is 3.50. The molecule has 0 unspecified atom stereocenters. The van der Waals surface area contributed by atoms with Crippen molar-refractivity contribution in [1.29, 1.82) is 0 Å². The number of benzene rings is 1. The maximum Gasteiger partial charge on any atom is 0.257 e. The zero-order chi connectivity index (χ0) is 13.1. The second-order valence-corrected chi connectivity index (χ2v) is 5.25. The molecule has 1 amide bonds. The molecule has 1 fully saturated rings. The minimum absolute atomic E-state index is 0.0486. The van der Waals surface area contributed by atoms with Crippen LogP contribution in [-0.2, 0) is 0 Å². The second-order valence-electron chi connectivity index (χ2n) is 4.84. The lowest BCUT2D eigenvalue weighted by molar-refractivity contribution is 0.0707. The van der Waals surface area contributed by atoms with Crippen LogP contribution in [0.5, 0.6) is 0 Å². The zero-order valence-electron chi connectivity index (χ0n) is 10.7. The summed E-state index contributed by atoms with van der Waals surface area (Å²) in [5.74, 6) is 0.602. The molecule has 4 heteroatoms. The van der Waals surface area contributed by atoms with Crippen LogP contribution in [0.1, 0.15) is 36.5 Å². The molecule has 3 nitrogen and oxygen atoms in total. The first-order valence-corrected chi connectivity index (χ1v) is 6.84. The average molecular weight is 267 g/mol. The van der Waals surface area contributed by atoms with Gasteiger partial charge < -0.3 is 10.6 Å². The summed E-state index contributed by atoms with van der Waals surface area (Å²) in [5.41, 5.74) is 6.76. The van der Waals surface area contributed by atoms with Gasteiger partial charge in [0, 0.05) is 18.8 Å². The van der Waals surface area contributed by atoms with Crippen LogP contribution in [0, 0.1) is 5.92 Å². The number of nitrogens with two attached hydrogens (primary N) is 1. The van der Waals surface area contributed by atoms with Crippen LogP contribution in [0.25, 0.3) is 0 Å². The highest BCUT2D eigenvalue weighted by Gasteiger charge is 2.25. The number of nitrogen functional groups attached to an aromatic ring is 1. The lowest BCUT2D eigenvalue weighted by Crippen LogP contribution is -2.37. The smallest absolute Gasteiger partial charge is 0.257 e. The fourth-order valence-electron chi connectivity index (χ4n) is 2.27. The number of halogens is 1. The van der Waals surface area contributed by atoms with Crippen LogP contribution >= 0.6 is 11.6 Å². The largest absolute Gasteiger partial charge is 0.398 e. The fourth-order valence-corrected chi connectivity index (χ4v) is 2.53. The van der Waals surface area contributed by atoms with E-state index in [-0.39, 0.29) is 5.91 Å². The van der Waals surface area contributed by atoms with Gasteiger partial charge in [-0.25, -0.2) is 0 Å². The van der Waals surface area contributed by atoms with E-state index in [1.54, 1.807) is 18.2 Å². The molecule has 0 atom stereocenters. The van der Waals surface area contributed by atoms with Crippen LogP contribution in [0.3, 0.4) is 0 Å². The monoisotopic (exact) mass is 266 g/mol. The molecular formula is C14H19ClN2O. The fraction of sp³-hybridized carbons (Fsp3) is 0.500. The molecular weight excluding hydrogens is 248 g/mol. The number of carbonyl (C=O) groups is 1. The quantitative estimate of drug-likeness (QED) is 0.851. The molecule has 1 aliphatic rings. The number of amides is 1. The summed E-state index contributed by atoms with van der Waals surface area (Å²) in [5, 5.41) is 0.437. The number of rotatable bonds is 4. The number of hydrogen-bond acceptors (Lipinski definition) is 2. The molecule has 1 saturated carbocycles. The average Bonchev–Trinajstić information content (AvgIpc) is 2.27. The lowest BCUT2D eigenvalue weighted by atomic mass is 9.85. The Morgan fingerprint density at radius 1 is 1.50 bits per heavy atom. The predicted molar refractivity (Wildman–Crippen MR) is 74.8 cm³/mol. The van der Waals surface area contributed by atoms with Crippen LogP contribution < -0.4 is 5.73 Å². The van der Waals surface area contributed by atoms with E-state index in [4.69, 9.17) is 17.3 Å². The van der Waals surface area contributed by atoms with E-state index in [0.29, 0.717) is 28.7 Å². The molecule has 0 bridgehead atoms. The van der Waals surface area contributed by atoms with E-state index in [2.05, 4.69) is 0 Å². The van der Waals surface area contributed by atoms with Crippen LogP contribution in [0.15, 0.2) is 18.2 Å². The molecule has 1 aromatic rings. The van der Waals surface area contributed by atoms with Crippen molar-refractivity contribution in [2.75, 3.05) is 18.8 Å². The van der Waals surface area contributed by atoms with Gasteiger partial charge in [-0.05, 0) is 37.8 Å². The van der Waals surface area contributed by atoms with Gasteiger partial charge in [0.05, 0.1) is 10.6 Å². The highest BCUT2D eigenvalue weighted by atomic mass is 35.5. The van der Waals surface area contributed by atoms with Crippen molar-refractivity contribution in [2.24, 2.45) is 5.92 Å². The molecule has 0 aromatic heterocycles. The summed E-state index contributed by atoms with van der Waals surface area (Å²) in [6, 6.07) is 5.19. The Morgan fingerprint density at radius 3 is 2.72 bits per heavy atom. The molecule has 1 aromatic carbocycles. The third-order valence-corrected chi connectivity index (χ3v) is 3.95. The SMILES string of the molecule is CCN(CC1CCC1)C(=O)c1c(N)cccc1Cl. The Balaban J connectivity index is 2.17. The molecule has 0 saturated heterocycles. The Morgan fingerprint density at radius 2 is 2.22 bits per heavy atom. The topological polar surface area (TPSA) is 46.3 Å². The molecule has 0 heterocycles. The van der Waals surface area contributed by atoms with Crippen molar-refractivity contribution < 1.29 is 4.79 Å². The molecule has 18 heavy (non-hydrogen) atoms. The van der Waals surface area contributed by atoms with Crippen molar-refractivity contribution in [2.45, 2.75) is 26.2 Å². The highest BCUT2D eigenvalue weighted by molar-refractivity contribution is 6.34. The molecule has 1 aliphatic carbocycles. The van der Waals surface area contributed by atoms with Crippen LogP contribution in [0.2, 0.25) is 5.02 Å². The van der Waals surface area contributed by atoms with Crippen molar-refractivity contribution in [3.8, 4) is 0 Å². The van der Waals surface area contributed by atoms with E-state index in [1.165, 1.54) is 19.3 Å². The van der Waals surface area contributed by atoms with Gasteiger partial charge in [0.15, 0.2) is 0 Å². The first-order chi connectivity index (χ1) is 8.63. The zero-order valence-corrected chi connectivity index (χ0v) is 11.4. The molecule has 0 spiro atoms. The summed E-state index contributed by atoms with van der Waals surface area (Å²) >= 11 is 6.08. The highest BCUT2D eigenvalue weighted by Crippen LogP contribution is 2.29. The summed E-state index contributed by atoms with van der Waals surface area (Å²) in [6.07, 6.45) is 3.73. The van der Waals surface area contributed by atoms with E-state index in [1.807, 2.05) is 11.8 Å². The number of anilines is 1. The number of carbonyl (C=O) groups excluding carboxylic acids is 1. The predicted octanol–water partition coefficient (Wildman–Crippen LogP) is 3.18. The van der Waals surface area contributed by atoms with Gasteiger partial charge in [-0.15, -0.1) is 0 Å². The molecule has 0 radical (unpaired) electrons. The van der Waals surface area contributed by atoms with Gasteiger partial charge in [-0.1, -0.05) is 24.1 Å². The third kappa shape index (κ3) is 2.61. The lowest BCUT2D eigenvalue weighted by Gasteiger charge is -2.32. The third-order valence-electron chi connectivity index (χ3n) is 3.63. The van der Waals surface area contributed by atoms with E-state index < -0.39 is 0 Å². The summed E-state index contributed by atoms with van der Waals surface area (Å²) < 4.78 is 0. The van der Waals surface area contributed by atoms with Crippen molar-refractivity contribution >= 4 is 23.2 Å². The normalized spacial score (nSPS) is 15.2. The number of nitrogens with zero attached hydrogens (tertiary/aromatic N) is 1. The van der Waals surface area contributed by atoms with Crippen molar-refractivity contribution in [3.63, 3.8) is 0 Å². The Kier molecular flexibility index (Phi) is 4.12. The van der Waals surface area contributed by atoms with Crippen LogP contribution in [0.4, 0.5) is 5.69 Å². The summed E-state index contributed by atoms with van der Waals surface area (Å²) in [4.78, 5) is 14.3. The summed E-state index contributed by atoms with van der Waals surface area (Å²) in [7, 11) is 0. The molecule has 2 N–H and O–H groups in total. The van der Waals surface area contributed by atoms with Gasteiger partial charge in [0.25, 0.3) is 5.91 Å². The van der Waals surface area contributed by atoms with E-state index >= 15 is 0 Å². The van der Waals surface area contributed by atoms with Crippen molar-refractivity contribution in [3.05, 3.63) is 28.8 Å². The maximum atomic E-state index is 12.5. The van der Waals surface area contributed by atoms with Gasteiger partial charge in [0.2, 0.25) is 0 Å². The standard InChI is InChI=1S/C14H19ClN2O/c1-2-17(9-10-5-3-6-10)14(18)13-11(15)7-4-8-12(13)16/h4,7-8,10H,2-3,5-6,9,16H2,1H3. The molecule has 2 rings (SSSR count). The van der Waals surface area contributed by atoms with Gasteiger partial charge in [0.1, 0.15) is 0 Å². The van der Waals surface area contributed by atoms with E-state index in [9.17, 15) is 4.79 Å². The van der Waals surface area contributed by atoms with Gasteiger partial charge in [-0.3, -0.25) is 4.79 Å². The molecule has 0 aliphatic heterocycles. The maximum absolute atomic E-state index is 12.5. The number of hydrogen-bond donors (Lipinski definition) is 1. The first kappa shape index (κ1) is 13.2. The van der Waals surface area contributed by atoms with Crippen molar-refractivity contribution in [1.82, 2.24) is 4.90 Å². The van der Waals surface area contributed by atoms with E-state index in [0.717, 1.165) is 6.54 Å².